The molecule has 1 aliphatic rings. The molecule has 0 saturated heterocycles. The number of hydrogen-bond acceptors (Lipinski definition) is 5. The summed E-state index contributed by atoms with van der Waals surface area (Å²) < 4.78 is 10.5. The quantitative estimate of drug-likeness (QED) is 0.529. The molecule has 6 heteroatoms. The first-order valence-corrected chi connectivity index (χ1v) is 6.40. The van der Waals surface area contributed by atoms with E-state index in [0.717, 1.165) is 11.1 Å². The fourth-order valence-electron chi connectivity index (χ4n) is 2.17. The molecule has 0 atom stereocenters. The van der Waals surface area contributed by atoms with Gasteiger partial charge in [0.1, 0.15) is 29.8 Å². The third kappa shape index (κ3) is 2.36. The first-order chi connectivity index (χ1) is 10.6. The number of nitrogens with two attached hydrogens (primary N) is 1. The summed E-state index contributed by atoms with van der Waals surface area (Å²) in [4.78, 5) is 22.4. The predicted octanol–water partition coefficient (Wildman–Crippen LogP) is 2.01. The molecule has 1 aromatic carbocycles. The maximum Gasteiger partial charge on any atom is 0.338 e. The highest BCUT2D eigenvalue weighted by Gasteiger charge is 2.21. The molecule has 108 valence electrons. The van der Waals surface area contributed by atoms with Crippen LogP contribution in [-0.2, 0) is 16.1 Å². The molecule has 2 aromatic rings. The van der Waals surface area contributed by atoms with E-state index in [9.17, 15) is 9.59 Å². The molecule has 1 aliphatic heterocycles. The van der Waals surface area contributed by atoms with Crippen LogP contribution in [0.2, 0.25) is 0 Å². The molecule has 0 radical (unpaired) electrons. The minimum atomic E-state index is -0.811. The lowest BCUT2D eigenvalue weighted by molar-refractivity contribution is -0.114. The standard InChI is InChI=1S/C16H10N2O4/c17-7-10(15(18)19)6-12-2-4-14(22-12)9-1-3-13-11(5-9)8-21-16(13)20/h1-6H,8H2,(H2,18,19)/b10-6+. The van der Waals surface area contributed by atoms with Gasteiger partial charge in [-0.05, 0) is 24.3 Å². The predicted molar refractivity (Wildman–Crippen MR) is 76.0 cm³/mol. The monoisotopic (exact) mass is 294 g/mol. The smallest absolute Gasteiger partial charge is 0.338 e. The van der Waals surface area contributed by atoms with Crippen molar-refractivity contribution in [3.63, 3.8) is 0 Å². The van der Waals surface area contributed by atoms with Crippen LogP contribution in [0.1, 0.15) is 21.7 Å². The number of carbonyl (C=O) groups is 2. The number of cyclic esters (lactones) is 1. The van der Waals surface area contributed by atoms with Crippen molar-refractivity contribution in [3.05, 3.63) is 52.8 Å². The number of nitrogens with zero attached hydrogens (tertiary/aromatic N) is 1. The zero-order chi connectivity index (χ0) is 15.7. The van der Waals surface area contributed by atoms with Crippen molar-refractivity contribution in [3.8, 4) is 17.4 Å². The highest BCUT2D eigenvalue weighted by molar-refractivity contribution is 6.00. The van der Waals surface area contributed by atoms with Crippen LogP contribution in [0.15, 0.2) is 40.3 Å². The van der Waals surface area contributed by atoms with Crippen molar-refractivity contribution in [2.75, 3.05) is 0 Å². The number of primary amides is 1. The number of furan rings is 1. The van der Waals surface area contributed by atoms with Gasteiger partial charge in [0.25, 0.3) is 5.91 Å². The van der Waals surface area contributed by atoms with E-state index >= 15 is 0 Å². The Balaban J connectivity index is 1.94. The largest absolute Gasteiger partial charge is 0.457 e. The first kappa shape index (κ1) is 13.6. The lowest BCUT2D eigenvalue weighted by Gasteiger charge is -1.99. The van der Waals surface area contributed by atoms with Gasteiger partial charge in [0, 0.05) is 17.2 Å². The van der Waals surface area contributed by atoms with E-state index in [1.165, 1.54) is 6.08 Å². The van der Waals surface area contributed by atoms with Gasteiger partial charge in [-0.3, -0.25) is 4.79 Å². The fourth-order valence-corrected chi connectivity index (χ4v) is 2.17. The first-order valence-electron chi connectivity index (χ1n) is 6.40. The molecule has 0 saturated carbocycles. The van der Waals surface area contributed by atoms with E-state index in [1.807, 2.05) is 6.07 Å². The van der Waals surface area contributed by atoms with Gasteiger partial charge in [0.15, 0.2) is 0 Å². The Kier molecular flexibility index (Phi) is 3.24. The van der Waals surface area contributed by atoms with Gasteiger partial charge in [0.2, 0.25) is 0 Å². The number of carbonyl (C=O) groups excluding carboxylic acids is 2. The van der Waals surface area contributed by atoms with Crippen LogP contribution in [0.4, 0.5) is 0 Å². The number of nitriles is 1. The zero-order valence-corrected chi connectivity index (χ0v) is 11.3. The lowest BCUT2D eigenvalue weighted by Crippen LogP contribution is -2.12. The number of amides is 1. The van der Waals surface area contributed by atoms with E-state index in [4.69, 9.17) is 20.1 Å². The number of fused-ring (bicyclic) bond motifs is 1. The summed E-state index contributed by atoms with van der Waals surface area (Å²) in [5.41, 5.74) is 7.01. The summed E-state index contributed by atoms with van der Waals surface area (Å²) in [6.45, 7) is 0.246. The van der Waals surface area contributed by atoms with Crippen LogP contribution in [0, 0.1) is 11.3 Å². The van der Waals surface area contributed by atoms with Crippen LogP contribution in [0.3, 0.4) is 0 Å². The second-order valence-electron chi connectivity index (χ2n) is 4.68. The second-order valence-corrected chi connectivity index (χ2v) is 4.68. The fraction of sp³-hybridized carbons (Fsp3) is 0.0625. The van der Waals surface area contributed by atoms with Crippen molar-refractivity contribution >= 4 is 18.0 Å². The van der Waals surface area contributed by atoms with Crippen LogP contribution < -0.4 is 5.73 Å². The SMILES string of the molecule is N#C/C(=C\c1ccc(-c2ccc3c(c2)COC3=O)o1)C(N)=O. The minimum Gasteiger partial charge on any atom is -0.457 e. The van der Waals surface area contributed by atoms with Crippen LogP contribution in [-0.4, -0.2) is 11.9 Å². The van der Waals surface area contributed by atoms with E-state index in [2.05, 4.69) is 0 Å². The Hall–Kier alpha value is -3.33. The van der Waals surface area contributed by atoms with E-state index < -0.39 is 5.91 Å². The highest BCUT2D eigenvalue weighted by atomic mass is 16.5. The van der Waals surface area contributed by atoms with Gasteiger partial charge in [-0.2, -0.15) is 5.26 Å². The van der Waals surface area contributed by atoms with Gasteiger partial charge in [-0.1, -0.05) is 6.07 Å². The Morgan fingerprint density at radius 2 is 2.14 bits per heavy atom. The van der Waals surface area contributed by atoms with Gasteiger partial charge in [0.05, 0.1) is 5.56 Å². The summed E-state index contributed by atoms with van der Waals surface area (Å²) in [5.74, 6) is -0.244. The summed E-state index contributed by atoms with van der Waals surface area (Å²) in [6, 6.07) is 10.3. The molecule has 0 fully saturated rings. The van der Waals surface area contributed by atoms with Gasteiger partial charge in [-0.25, -0.2) is 4.79 Å². The third-order valence-corrected chi connectivity index (χ3v) is 3.27. The number of benzene rings is 1. The van der Waals surface area contributed by atoms with Gasteiger partial charge < -0.3 is 14.9 Å². The van der Waals surface area contributed by atoms with Crippen molar-refractivity contribution in [2.45, 2.75) is 6.61 Å². The Bertz CT molecular complexity index is 855. The van der Waals surface area contributed by atoms with Crippen LogP contribution in [0.5, 0.6) is 0 Å². The Morgan fingerprint density at radius 3 is 2.86 bits per heavy atom. The summed E-state index contributed by atoms with van der Waals surface area (Å²) >= 11 is 0. The molecule has 2 N–H and O–H groups in total. The molecule has 2 heterocycles. The topological polar surface area (TPSA) is 106 Å². The maximum absolute atomic E-state index is 11.4. The highest BCUT2D eigenvalue weighted by Crippen LogP contribution is 2.28. The molecule has 3 rings (SSSR count). The Morgan fingerprint density at radius 1 is 1.32 bits per heavy atom. The number of rotatable bonds is 3. The van der Waals surface area contributed by atoms with E-state index in [0.29, 0.717) is 17.1 Å². The molecule has 0 unspecified atom stereocenters. The zero-order valence-electron chi connectivity index (χ0n) is 11.3. The van der Waals surface area contributed by atoms with Crippen molar-refractivity contribution in [1.82, 2.24) is 0 Å². The third-order valence-electron chi connectivity index (χ3n) is 3.27. The summed E-state index contributed by atoms with van der Waals surface area (Å²) in [7, 11) is 0. The normalized spacial score (nSPS) is 13.4. The molecular weight excluding hydrogens is 284 g/mol. The second kappa shape index (κ2) is 5.22. The van der Waals surface area contributed by atoms with E-state index in [-0.39, 0.29) is 18.1 Å². The van der Waals surface area contributed by atoms with Gasteiger partial charge in [-0.15, -0.1) is 0 Å². The molecule has 1 amide bonds. The van der Waals surface area contributed by atoms with Crippen molar-refractivity contribution in [1.29, 1.82) is 5.26 Å². The molecular formula is C16H10N2O4. The van der Waals surface area contributed by atoms with Crippen LogP contribution in [0.25, 0.3) is 17.4 Å². The van der Waals surface area contributed by atoms with E-state index in [1.54, 1.807) is 30.3 Å². The van der Waals surface area contributed by atoms with Crippen molar-refractivity contribution < 1.29 is 18.7 Å². The number of esters is 1. The Labute approximate surface area is 125 Å². The minimum absolute atomic E-state index is 0.186. The summed E-state index contributed by atoms with van der Waals surface area (Å²) in [6.07, 6.45) is 1.28. The average Bonchev–Trinajstić information content (AvgIpc) is 3.11. The molecule has 6 nitrogen and oxygen atoms in total. The average molecular weight is 294 g/mol. The summed E-state index contributed by atoms with van der Waals surface area (Å²) in [5, 5.41) is 8.81. The number of hydrogen-bond donors (Lipinski definition) is 1. The molecule has 0 aliphatic carbocycles. The number of ether oxygens (including phenoxy) is 1. The maximum atomic E-state index is 11.4. The molecule has 1 aromatic heterocycles. The lowest BCUT2D eigenvalue weighted by atomic mass is 10.0. The van der Waals surface area contributed by atoms with Crippen molar-refractivity contribution in [2.24, 2.45) is 5.73 Å². The molecule has 22 heavy (non-hydrogen) atoms. The molecule has 0 bridgehead atoms. The molecule has 0 spiro atoms. The van der Waals surface area contributed by atoms with Gasteiger partial charge >= 0.3 is 5.97 Å². The van der Waals surface area contributed by atoms with Crippen LogP contribution >= 0.6 is 0 Å².